The average molecular weight is 229 g/mol. The second kappa shape index (κ2) is 3.63. The fraction of sp³-hybridized carbons (Fsp3) is 0.375. The first kappa shape index (κ1) is 10.1. The van der Waals surface area contributed by atoms with Gasteiger partial charge in [-0.25, -0.2) is 9.97 Å². The summed E-state index contributed by atoms with van der Waals surface area (Å²) in [4.78, 5) is 20.3. The van der Waals surface area contributed by atoms with Gasteiger partial charge in [0.2, 0.25) is 5.91 Å². The standard InChI is InChI=1S/C8H9ClN4O2/c9-7-6(8(10)12-3-11-7)13-2-4(14)1-5(13)15/h3-4,14H,1-2H2,(H2,10,11,12). The maximum absolute atomic E-state index is 11.5. The molecule has 1 unspecified atom stereocenters. The van der Waals surface area contributed by atoms with Crippen molar-refractivity contribution in [1.29, 1.82) is 0 Å². The fourth-order valence-corrected chi connectivity index (χ4v) is 1.77. The zero-order valence-corrected chi connectivity index (χ0v) is 8.48. The van der Waals surface area contributed by atoms with Crippen molar-refractivity contribution in [2.75, 3.05) is 17.2 Å². The Morgan fingerprint density at radius 3 is 2.87 bits per heavy atom. The topological polar surface area (TPSA) is 92.3 Å². The number of hydrogen-bond acceptors (Lipinski definition) is 5. The van der Waals surface area contributed by atoms with Crippen molar-refractivity contribution in [2.45, 2.75) is 12.5 Å². The number of anilines is 2. The summed E-state index contributed by atoms with van der Waals surface area (Å²) in [5.41, 5.74) is 5.88. The molecule has 1 fully saturated rings. The summed E-state index contributed by atoms with van der Waals surface area (Å²) in [6.07, 6.45) is 0.608. The monoisotopic (exact) mass is 228 g/mol. The van der Waals surface area contributed by atoms with Gasteiger partial charge in [-0.05, 0) is 0 Å². The number of hydrogen-bond donors (Lipinski definition) is 2. The van der Waals surface area contributed by atoms with Crippen LogP contribution in [0.1, 0.15) is 6.42 Å². The summed E-state index contributed by atoms with van der Waals surface area (Å²) < 4.78 is 0. The molecule has 1 aliphatic rings. The summed E-state index contributed by atoms with van der Waals surface area (Å²) in [6.45, 7) is 0.177. The minimum Gasteiger partial charge on any atom is -0.391 e. The van der Waals surface area contributed by atoms with E-state index in [1.54, 1.807) is 0 Å². The van der Waals surface area contributed by atoms with Crippen LogP contribution >= 0.6 is 11.6 Å². The lowest BCUT2D eigenvalue weighted by Crippen LogP contribution is -2.27. The molecule has 0 saturated carbocycles. The quantitative estimate of drug-likeness (QED) is 0.650. The molecular formula is C8H9ClN4O2. The third-order valence-corrected chi connectivity index (χ3v) is 2.46. The van der Waals surface area contributed by atoms with Crippen LogP contribution in [0.25, 0.3) is 0 Å². The van der Waals surface area contributed by atoms with Gasteiger partial charge in [-0.1, -0.05) is 11.6 Å². The normalized spacial score (nSPS) is 21.1. The van der Waals surface area contributed by atoms with E-state index >= 15 is 0 Å². The van der Waals surface area contributed by atoms with E-state index in [0.29, 0.717) is 0 Å². The first-order valence-corrected chi connectivity index (χ1v) is 4.72. The van der Waals surface area contributed by atoms with Gasteiger partial charge in [-0.3, -0.25) is 4.79 Å². The number of carbonyl (C=O) groups is 1. The van der Waals surface area contributed by atoms with Crippen molar-refractivity contribution in [1.82, 2.24) is 9.97 Å². The summed E-state index contributed by atoms with van der Waals surface area (Å²) in [5.74, 6) is -0.0941. The number of β-amino-alcohol motifs (C(OH)–C–C–N with tert-alkyl or cyclic N) is 1. The van der Waals surface area contributed by atoms with Gasteiger partial charge in [-0.2, -0.15) is 0 Å². The third kappa shape index (κ3) is 1.73. The second-order valence-corrected chi connectivity index (χ2v) is 3.62. The maximum atomic E-state index is 11.5. The van der Waals surface area contributed by atoms with Gasteiger partial charge < -0.3 is 15.7 Å². The highest BCUT2D eigenvalue weighted by atomic mass is 35.5. The molecule has 1 aliphatic heterocycles. The van der Waals surface area contributed by atoms with E-state index in [0.717, 1.165) is 0 Å². The van der Waals surface area contributed by atoms with Crippen LogP contribution in [0, 0.1) is 0 Å². The van der Waals surface area contributed by atoms with Crippen LogP contribution in [0.15, 0.2) is 6.33 Å². The van der Waals surface area contributed by atoms with Gasteiger partial charge in [-0.15, -0.1) is 0 Å². The van der Waals surface area contributed by atoms with Crippen LogP contribution in [0.5, 0.6) is 0 Å². The number of aromatic nitrogens is 2. The molecule has 1 aromatic rings. The van der Waals surface area contributed by atoms with Crippen molar-refractivity contribution in [3.05, 3.63) is 11.5 Å². The molecule has 80 valence electrons. The lowest BCUT2D eigenvalue weighted by Gasteiger charge is -2.17. The number of aliphatic hydroxyl groups is 1. The van der Waals surface area contributed by atoms with Gasteiger partial charge in [0.25, 0.3) is 0 Å². The zero-order chi connectivity index (χ0) is 11.0. The Morgan fingerprint density at radius 2 is 2.33 bits per heavy atom. The maximum Gasteiger partial charge on any atom is 0.229 e. The van der Waals surface area contributed by atoms with Crippen LogP contribution in [0.4, 0.5) is 11.5 Å². The number of amides is 1. The van der Waals surface area contributed by atoms with Crippen molar-refractivity contribution in [3.8, 4) is 0 Å². The molecule has 0 aromatic carbocycles. The number of aliphatic hydroxyl groups excluding tert-OH is 1. The van der Waals surface area contributed by atoms with E-state index in [1.165, 1.54) is 11.2 Å². The number of rotatable bonds is 1. The molecule has 0 bridgehead atoms. The Balaban J connectivity index is 2.41. The highest BCUT2D eigenvalue weighted by molar-refractivity contribution is 6.33. The van der Waals surface area contributed by atoms with Crippen LogP contribution < -0.4 is 10.6 Å². The van der Waals surface area contributed by atoms with Crippen LogP contribution in [-0.4, -0.2) is 33.6 Å². The van der Waals surface area contributed by atoms with E-state index in [1.807, 2.05) is 0 Å². The third-order valence-electron chi connectivity index (χ3n) is 2.18. The first-order chi connectivity index (χ1) is 7.09. The molecule has 2 rings (SSSR count). The van der Waals surface area contributed by atoms with E-state index in [4.69, 9.17) is 17.3 Å². The molecule has 0 spiro atoms. The van der Waals surface area contributed by atoms with Crippen molar-refractivity contribution < 1.29 is 9.90 Å². The van der Waals surface area contributed by atoms with Crippen molar-refractivity contribution >= 4 is 29.0 Å². The Hall–Kier alpha value is -1.40. The van der Waals surface area contributed by atoms with Crippen LogP contribution in [0.2, 0.25) is 5.15 Å². The van der Waals surface area contributed by atoms with Gasteiger partial charge in [0, 0.05) is 0 Å². The average Bonchev–Trinajstić information content (AvgIpc) is 2.45. The highest BCUT2D eigenvalue weighted by Crippen LogP contribution is 2.31. The molecule has 0 aliphatic carbocycles. The molecule has 1 amide bonds. The number of carbonyl (C=O) groups excluding carboxylic acids is 1. The molecule has 6 nitrogen and oxygen atoms in total. The lowest BCUT2D eigenvalue weighted by molar-refractivity contribution is -0.117. The number of nitrogens with zero attached hydrogens (tertiary/aromatic N) is 3. The van der Waals surface area contributed by atoms with Gasteiger partial charge in [0.1, 0.15) is 12.0 Å². The van der Waals surface area contributed by atoms with Gasteiger partial charge in [0.15, 0.2) is 11.0 Å². The van der Waals surface area contributed by atoms with Crippen LogP contribution in [-0.2, 0) is 4.79 Å². The molecule has 3 N–H and O–H groups in total. The molecule has 15 heavy (non-hydrogen) atoms. The summed E-state index contributed by atoms with van der Waals surface area (Å²) in [5, 5.41) is 9.44. The molecule has 1 atom stereocenters. The number of nitrogen functional groups attached to an aromatic ring is 1. The fourth-order valence-electron chi connectivity index (χ4n) is 1.52. The van der Waals surface area contributed by atoms with Crippen molar-refractivity contribution in [2.24, 2.45) is 0 Å². The smallest absolute Gasteiger partial charge is 0.229 e. The molecule has 7 heteroatoms. The molecule has 0 radical (unpaired) electrons. The largest absolute Gasteiger partial charge is 0.391 e. The lowest BCUT2D eigenvalue weighted by atomic mass is 10.3. The number of nitrogens with two attached hydrogens (primary N) is 1. The Bertz CT molecular complexity index is 391. The van der Waals surface area contributed by atoms with Gasteiger partial charge >= 0.3 is 0 Å². The Kier molecular flexibility index (Phi) is 2.45. The molecule has 2 heterocycles. The predicted molar refractivity (Wildman–Crippen MR) is 54.4 cm³/mol. The summed E-state index contributed by atoms with van der Waals surface area (Å²) in [6, 6.07) is 0. The van der Waals surface area contributed by atoms with Gasteiger partial charge in [0.05, 0.1) is 19.1 Å². The van der Waals surface area contributed by atoms with E-state index in [-0.39, 0.29) is 35.5 Å². The Labute approximate surface area is 90.7 Å². The summed E-state index contributed by atoms with van der Waals surface area (Å²) in [7, 11) is 0. The van der Waals surface area contributed by atoms with Crippen molar-refractivity contribution in [3.63, 3.8) is 0 Å². The minimum absolute atomic E-state index is 0.0741. The zero-order valence-electron chi connectivity index (χ0n) is 7.72. The van der Waals surface area contributed by atoms with E-state index < -0.39 is 6.10 Å². The van der Waals surface area contributed by atoms with E-state index in [9.17, 15) is 9.90 Å². The summed E-state index contributed by atoms with van der Waals surface area (Å²) >= 11 is 5.82. The number of halogens is 1. The molecule has 1 saturated heterocycles. The minimum atomic E-state index is -0.687. The predicted octanol–water partition coefficient (Wildman–Crippen LogP) is -0.190. The first-order valence-electron chi connectivity index (χ1n) is 4.34. The molecular weight excluding hydrogens is 220 g/mol. The SMILES string of the molecule is Nc1ncnc(Cl)c1N1CC(O)CC1=O. The van der Waals surface area contributed by atoms with E-state index in [2.05, 4.69) is 9.97 Å². The second-order valence-electron chi connectivity index (χ2n) is 3.26. The highest BCUT2D eigenvalue weighted by Gasteiger charge is 2.32. The Morgan fingerprint density at radius 1 is 1.60 bits per heavy atom. The van der Waals surface area contributed by atoms with Crippen LogP contribution in [0.3, 0.4) is 0 Å². The molecule has 1 aromatic heterocycles.